The number of nitro groups is 1. The number of amides is 1. The van der Waals surface area contributed by atoms with Gasteiger partial charge in [0, 0.05) is 12.1 Å². The van der Waals surface area contributed by atoms with E-state index in [1.165, 1.54) is 19.2 Å². The lowest BCUT2D eigenvalue weighted by atomic mass is 9.99. The molecule has 1 heterocycles. The minimum absolute atomic E-state index is 0.0807. The third-order valence-electron chi connectivity index (χ3n) is 3.79. The smallest absolute Gasteiger partial charge is 0.329 e. The molecule has 2 N–H and O–H groups in total. The molecular formula is C13H17N3O5. The Hall–Kier alpha value is -2.38. The lowest BCUT2D eigenvalue weighted by molar-refractivity contribution is -0.384. The quantitative estimate of drug-likeness (QED) is 0.612. The lowest BCUT2D eigenvalue weighted by Gasteiger charge is -2.24. The van der Waals surface area contributed by atoms with Crippen LogP contribution in [0.3, 0.4) is 0 Å². The van der Waals surface area contributed by atoms with E-state index in [0.717, 1.165) is 12.8 Å². The van der Waals surface area contributed by atoms with Crippen LogP contribution in [0, 0.1) is 10.1 Å². The van der Waals surface area contributed by atoms with E-state index < -0.39 is 22.3 Å². The van der Waals surface area contributed by atoms with Crippen molar-refractivity contribution in [1.29, 1.82) is 0 Å². The van der Waals surface area contributed by atoms with Crippen molar-refractivity contribution in [2.75, 3.05) is 0 Å². The van der Waals surface area contributed by atoms with Gasteiger partial charge in [0.25, 0.3) is 11.6 Å². The van der Waals surface area contributed by atoms with Crippen LogP contribution in [-0.2, 0) is 4.79 Å². The number of carboxylic acid groups (broad SMARTS) is 1. The van der Waals surface area contributed by atoms with E-state index in [9.17, 15) is 24.8 Å². The molecule has 2 rings (SSSR count). The highest BCUT2D eigenvalue weighted by Gasteiger charge is 2.36. The fraction of sp³-hybridized carbons (Fsp3) is 0.538. The van der Waals surface area contributed by atoms with Crippen LogP contribution < -0.4 is 5.32 Å². The molecule has 1 atom stereocenters. The van der Waals surface area contributed by atoms with Crippen LogP contribution in [0.25, 0.3) is 0 Å². The van der Waals surface area contributed by atoms with Crippen molar-refractivity contribution in [3.8, 4) is 0 Å². The maximum atomic E-state index is 12.3. The van der Waals surface area contributed by atoms with E-state index in [4.69, 9.17) is 0 Å². The van der Waals surface area contributed by atoms with Crippen molar-refractivity contribution in [3.63, 3.8) is 0 Å². The summed E-state index contributed by atoms with van der Waals surface area (Å²) in [6, 6.07) is 1.27. The summed E-state index contributed by atoms with van der Waals surface area (Å²) in [6.07, 6.45) is 3.25. The Kier molecular flexibility index (Phi) is 3.71. The van der Waals surface area contributed by atoms with Crippen LogP contribution in [0.15, 0.2) is 12.3 Å². The molecule has 8 heteroatoms. The van der Waals surface area contributed by atoms with E-state index in [1.807, 2.05) is 0 Å². The molecular weight excluding hydrogens is 278 g/mol. The van der Waals surface area contributed by atoms with Gasteiger partial charge in [-0.25, -0.2) is 4.79 Å². The summed E-state index contributed by atoms with van der Waals surface area (Å²) >= 11 is 0. The predicted octanol–water partition coefficient (Wildman–Crippen LogP) is 1.71. The van der Waals surface area contributed by atoms with Gasteiger partial charge < -0.3 is 15.0 Å². The number of carbonyl (C=O) groups is 2. The van der Waals surface area contributed by atoms with Gasteiger partial charge in [-0.05, 0) is 26.2 Å². The summed E-state index contributed by atoms with van der Waals surface area (Å²) in [6.45, 7) is 3.06. The molecule has 1 saturated carbocycles. The number of carbonyl (C=O) groups excluding carboxylic acids is 1. The fourth-order valence-corrected chi connectivity index (χ4v) is 2.01. The molecule has 1 fully saturated rings. The molecule has 1 aliphatic carbocycles. The topological polar surface area (TPSA) is 114 Å². The van der Waals surface area contributed by atoms with Crippen molar-refractivity contribution >= 4 is 17.6 Å². The summed E-state index contributed by atoms with van der Waals surface area (Å²) in [4.78, 5) is 33.8. The first-order valence-corrected chi connectivity index (χ1v) is 6.70. The van der Waals surface area contributed by atoms with Gasteiger partial charge in [-0.2, -0.15) is 0 Å². The van der Waals surface area contributed by atoms with E-state index in [-0.39, 0.29) is 23.8 Å². The molecule has 8 nitrogen and oxygen atoms in total. The molecule has 0 bridgehead atoms. The number of aromatic nitrogens is 1. The third kappa shape index (κ3) is 2.88. The lowest BCUT2D eigenvalue weighted by Crippen LogP contribution is -2.52. The Balaban J connectivity index is 2.30. The monoisotopic (exact) mass is 295 g/mol. The van der Waals surface area contributed by atoms with Gasteiger partial charge in [-0.1, -0.05) is 6.92 Å². The number of rotatable bonds is 6. The van der Waals surface area contributed by atoms with Gasteiger partial charge in [0.2, 0.25) is 0 Å². The van der Waals surface area contributed by atoms with E-state index in [1.54, 1.807) is 11.5 Å². The molecule has 114 valence electrons. The Labute approximate surface area is 120 Å². The third-order valence-corrected chi connectivity index (χ3v) is 3.79. The first-order chi connectivity index (χ1) is 9.78. The van der Waals surface area contributed by atoms with Gasteiger partial charge in [0.1, 0.15) is 11.2 Å². The van der Waals surface area contributed by atoms with Gasteiger partial charge >= 0.3 is 5.97 Å². The van der Waals surface area contributed by atoms with Crippen LogP contribution in [0.4, 0.5) is 5.69 Å². The van der Waals surface area contributed by atoms with Crippen LogP contribution in [0.1, 0.15) is 49.6 Å². The van der Waals surface area contributed by atoms with Crippen molar-refractivity contribution in [1.82, 2.24) is 9.88 Å². The fourth-order valence-electron chi connectivity index (χ4n) is 2.01. The molecule has 21 heavy (non-hydrogen) atoms. The maximum Gasteiger partial charge on any atom is 0.329 e. The number of nitrogens with one attached hydrogen (secondary N) is 1. The summed E-state index contributed by atoms with van der Waals surface area (Å²) in [7, 11) is 0. The van der Waals surface area contributed by atoms with Crippen molar-refractivity contribution < 1.29 is 19.6 Å². The van der Waals surface area contributed by atoms with Gasteiger partial charge in [-0.3, -0.25) is 14.9 Å². The molecule has 1 aromatic heterocycles. The minimum Gasteiger partial charge on any atom is -0.480 e. The Morgan fingerprint density at radius 2 is 2.19 bits per heavy atom. The molecule has 0 aliphatic heterocycles. The van der Waals surface area contributed by atoms with Crippen LogP contribution >= 0.6 is 0 Å². The SMILES string of the molecule is CCC(C)(NC(=O)c1cc([N+](=O)[O-])cn1C1CC1)C(=O)O. The molecule has 0 saturated heterocycles. The standard InChI is InChI=1S/C13H17N3O5/c1-3-13(2,12(18)19)14-11(17)10-6-9(16(20)21)7-15(10)8-4-5-8/h6-8H,3-5H2,1-2H3,(H,14,17)(H,18,19). The maximum absolute atomic E-state index is 12.3. The Morgan fingerprint density at radius 3 is 2.62 bits per heavy atom. The zero-order valence-corrected chi connectivity index (χ0v) is 11.8. The Morgan fingerprint density at radius 1 is 1.57 bits per heavy atom. The molecule has 0 aromatic carbocycles. The molecule has 0 spiro atoms. The molecule has 1 unspecified atom stereocenters. The average Bonchev–Trinajstić information content (AvgIpc) is 3.16. The molecule has 1 aliphatic rings. The van der Waals surface area contributed by atoms with Gasteiger partial charge in [-0.15, -0.1) is 0 Å². The largest absolute Gasteiger partial charge is 0.480 e. The van der Waals surface area contributed by atoms with Crippen LogP contribution in [0.2, 0.25) is 0 Å². The average molecular weight is 295 g/mol. The van der Waals surface area contributed by atoms with Crippen LogP contribution in [0.5, 0.6) is 0 Å². The normalized spacial score (nSPS) is 17.0. The second kappa shape index (κ2) is 5.19. The van der Waals surface area contributed by atoms with Crippen molar-refractivity contribution in [2.24, 2.45) is 0 Å². The van der Waals surface area contributed by atoms with E-state index in [0.29, 0.717) is 0 Å². The van der Waals surface area contributed by atoms with E-state index >= 15 is 0 Å². The van der Waals surface area contributed by atoms with E-state index in [2.05, 4.69) is 5.32 Å². The second-order valence-corrected chi connectivity index (χ2v) is 5.42. The number of hydrogen-bond acceptors (Lipinski definition) is 4. The Bertz CT molecular complexity index is 605. The number of carboxylic acids is 1. The number of nitrogens with zero attached hydrogens (tertiary/aromatic N) is 2. The summed E-state index contributed by atoms with van der Waals surface area (Å²) in [5.41, 5.74) is -1.43. The van der Waals surface area contributed by atoms with Crippen LogP contribution in [-0.4, -0.2) is 32.0 Å². The first-order valence-electron chi connectivity index (χ1n) is 6.70. The molecule has 1 amide bonds. The van der Waals surface area contributed by atoms with Crippen molar-refractivity contribution in [3.05, 3.63) is 28.1 Å². The molecule has 0 radical (unpaired) electrons. The second-order valence-electron chi connectivity index (χ2n) is 5.42. The van der Waals surface area contributed by atoms with Gasteiger partial charge in [0.05, 0.1) is 11.1 Å². The summed E-state index contributed by atoms with van der Waals surface area (Å²) in [5, 5.41) is 22.5. The zero-order valence-electron chi connectivity index (χ0n) is 11.8. The predicted molar refractivity (Wildman–Crippen MR) is 73.2 cm³/mol. The van der Waals surface area contributed by atoms with Gasteiger partial charge in [0.15, 0.2) is 0 Å². The zero-order chi connectivity index (χ0) is 15.8. The highest BCUT2D eigenvalue weighted by atomic mass is 16.6. The highest BCUT2D eigenvalue weighted by molar-refractivity contribution is 5.97. The number of hydrogen-bond donors (Lipinski definition) is 2. The highest BCUT2D eigenvalue weighted by Crippen LogP contribution is 2.38. The molecule has 1 aromatic rings. The summed E-state index contributed by atoms with van der Waals surface area (Å²) in [5.74, 6) is -1.75. The summed E-state index contributed by atoms with van der Waals surface area (Å²) < 4.78 is 1.56. The first kappa shape index (κ1) is 15.0. The number of aliphatic carboxylic acids is 1. The van der Waals surface area contributed by atoms with Crippen molar-refractivity contribution in [2.45, 2.75) is 44.7 Å². The minimum atomic E-state index is -1.40.